The van der Waals surface area contributed by atoms with Gasteiger partial charge in [0.2, 0.25) is 5.91 Å². The average molecular weight is 398 g/mol. The molecule has 0 saturated carbocycles. The van der Waals surface area contributed by atoms with Crippen LogP contribution in [0.25, 0.3) is 0 Å². The number of ketones is 1. The van der Waals surface area contributed by atoms with Crippen molar-refractivity contribution in [3.8, 4) is 0 Å². The third-order valence-electron chi connectivity index (χ3n) is 4.93. The van der Waals surface area contributed by atoms with E-state index >= 15 is 0 Å². The molecule has 0 bridgehead atoms. The Morgan fingerprint density at radius 2 is 1.79 bits per heavy atom. The second kappa shape index (κ2) is 9.97. The van der Waals surface area contributed by atoms with E-state index in [-0.39, 0.29) is 30.4 Å². The summed E-state index contributed by atoms with van der Waals surface area (Å²) in [5.41, 5.74) is 0.974. The van der Waals surface area contributed by atoms with Crippen molar-refractivity contribution < 1.29 is 18.9 Å². The van der Waals surface area contributed by atoms with Gasteiger partial charge in [0.15, 0.2) is 11.5 Å². The Morgan fingerprint density at radius 3 is 2.45 bits per heavy atom. The number of carbonyl (C=O) groups is 3. The maximum absolute atomic E-state index is 12.4. The van der Waals surface area contributed by atoms with Gasteiger partial charge in [-0.25, -0.2) is 0 Å². The van der Waals surface area contributed by atoms with E-state index in [1.165, 1.54) is 0 Å². The van der Waals surface area contributed by atoms with Gasteiger partial charge in [0.05, 0.1) is 0 Å². The summed E-state index contributed by atoms with van der Waals surface area (Å²) in [5.74, 6) is 0.361. The molecule has 0 atom stereocenters. The molecule has 2 amide bonds. The fourth-order valence-corrected chi connectivity index (χ4v) is 3.24. The highest BCUT2D eigenvalue weighted by Gasteiger charge is 2.24. The Kier molecular flexibility index (Phi) is 7.13. The smallest absolute Gasteiger partial charge is 0.276 e. The van der Waals surface area contributed by atoms with Crippen LogP contribution in [0.1, 0.15) is 39.4 Å². The fourth-order valence-electron chi connectivity index (χ4n) is 3.24. The number of nitrogens with zero attached hydrogens (tertiary/aromatic N) is 3. The van der Waals surface area contributed by atoms with E-state index in [2.05, 4.69) is 15.4 Å². The van der Waals surface area contributed by atoms with Crippen LogP contribution >= 0.6 is 0 Å². The molecular formula is C21H26N4O4. The van der Waals surface area contributed by atoms with Crippen LogP contribution in [0.15, 0.2) is 40.9 Å². The molecule has 0 aliphatic carbocycles. The van der Waals surface area contributed by atoms with Gasteiger partial charge in [0, 0.05) is 63.7 Å². The van der Waals surface area contributed by atoms with Gasteiger partial charge in [0.1, 0.15) is 5.76 Å². The number of rotatable bonds is 8. The molecule has 1 aromatic carbocycles. The summed E-state index contributed by atoms with van der Waals surface area (Å²) < 4.78 is 4.96. The minimum absolute atomic E-state index is 0.0242. The van der Waals surface area contributed by atoms with Gasteiger partial charge in [-0.05, 0) is 6.92 Å². The normalized spacial score (nSPS) is 14.6. The number of nitrogens with one attached hydrogen (secondary N) is 1. The number of benzene rings is 1. The van der Waals surface area contributed by atoms with Crippen molar-refractivity contribution in [1.82, 2.24) is 20.3 Å². The van der Waals surface area contributed by atoms with Crippen LogP contribution in [-0.2, 0) is 4.79 Å². The molecule has 2 aromatic rings. The third-order valence-corrected chi connectivity index (χ3v) is 4.93. The van der Waals surface area contributed by atoms with E-state index in [1.54, 1.807) is 30.0 Å². The zero-order valence-corrected chi connectivity index (χ0v) is 16.6. The SMILES string of the molecule is Cc1cc(C(=O)N2CCN(CCNC(=O)CCC(=O)c3ccccc3)CC2)no1. The molecule has 1 aliphatic rings. The van der Waals surface area contributed by atoms with Gasteiger partial charge in [0.25, 0.3) is 5.91 Å². The van der Waals surface area contributed by atoms with Gasteiger partial charge in [-0.3, -0.25) is 19.3 Å². The topological polar surface area (TPSA) is 95.8 Å². The second-order valence-corrected chi connectivity index (χ2v) is 7.10. The lowest BCUT2D eigenvalue weighted by Crippen LogP contribution is -2.50. The maximum atomic E-state index is 12.4. The Balaban J connectivity index is 1.31. The van der Waals surface area contributed by atoms with Crippen LogP contribution in [0.2, 0.25) is 0 Å². The molecule has 1 aliphatic heterocycles. The molecule has 1 N–H and O–H groups in total. The van der Waals surface area contributed by atoms with Gasteiger partial charge < -0.3 is 14.7 Å². The quantitative estimate of drug-likeness (QED) is 0.678. The fraction of sp³-hybridized carbons (Fsp3) is 0.429. The van der Waals surface area contributed by atoms with Crippen LogP contribution in [-0.4, -0.2) is 71.8 Å². The Morgan fingerprint density at radius 1 is 1.07 bits per heavy atom. The number of piperazine rings is 1. The summed E-state index contributed by atoms with van der Waals surface area (Å²) in [6.07, 6.45) is 0.394. The van der Waals surface area contributed by atoms with Gasteiger partial charge in [-0.15, -0.1) is 0 Å². The molecule has 154 valence electrons. The molecular weight excluding hydrogens is 372 g/mol. The lowest BCUT2D eigenvalue weighted by atomic mass is 10.1. The lowest BCUT2D eigenvalue weighted by Gasteiger charge is -2.34. The third kappa shape index (κ3) is 5.99. The van der Waals surface area contributed by atoms with E-state index in [9.17, 15) is 14.4 Å². The van der Waals surface area contributed by atoms with Gasteiger partial charge in [-0.2, -0.15) is 0 Å². The highest BCUT2D eigenvalue weighted by atomic mass is 16.5. The molecule has 2 heterocycles. The molecule has 3 rings (SSSR count). The molecule has 8 heteroatoms. The highest BCUT2D eigenvalue weighted by molar-refractivity contribution is 5.97. The lowest BCUT2D eigenvalue weighted by molar-refractivity contribution is -0.121. The van der Waals surface area contributed by atoms with Crippen molar-refractivity contribution in [3.05, 3.63) is 53.4 Å². The summed E-state index contributed by atoms with van der Waals surface area (Å²) in [7, 11) is 0. The maximum Gasteiger partial charge on any atom is 0.276 e. The number of aromatic nitrogens is 1. The highest BCUT2D eigenvalue weighted by Crippen LogP contribution is 2.09. The molecule has 8 nitrogen and oxygen atoms in total. The van der Waals surface area contributed by atoms with Crippen LogP contribution in [0.3, 0.4) is 0 Å². The predicted octanol–water partition coefficient (Wildman–Crippen LogP) is 1.52. The van der Waals surface area contributed by atoms with E-state index in [0.717, 1.165) is 13.1 Å². The summed E-state index contributed by atoms with van der Waals surface area (Å²) in [6, 6.07) is 10.6. The van der Waals surface area contributed by atoms with E-state index in [4.69, 9.17) is 4.52 Å². The Labute approximate surface area is 169 Å². The Bertz CT molecular complexity index is 841. The number of Topliss-reactive ketones (excluding diaryl/α,β-unsaturated/α-hetero) is 1. The summed E-state index contributed by atoms with van der Waals surface area (Å²) in [6.45, 7) is 5.70. The number of carbonyl (C=O) groups excluding carboxylic acids is 3. The molecule has 1 fully saturated rings. The first-order valence-electron chi connectivity index (χ1n) is 9.83. The van der Waals surface area contributed by atoms with Crippen LogP contribution in [0, 0.1) is 6.92 Å². The zero-order valence-electron chi connectivity index (χ0n) is 16.6. The van der Waals surface area contributed by atoms with Crippen molar-refractivity contribution in [3.63, 3.8) is 0 Å². The first kappa shape index (κ1) is 20.7. The van der Waals surface area contributed by atoms with E-state index in [1.807, 2.05) is 18.2 Å². The monoisotopic (exact) mass is 398 g/mol. The number of hydrogen-bond donors (Lipinski definition) is 1. The van der Waals surface area contributed by atoms with Crippen molar-refractivity contribution in [2.24, 2.45) is 0 Å². The molecule has 0 radical (unpaired) electrons. The number of hydrogen-bond acceptors (Lipinski definition) is 6. The molecule has 1 saturated heterocycles. The van der Waals surface area contributed by atoms with E-state index in [0.29, 0.717) is 43.2 Å². The van der Waals surface area contributed by atoms with E-state index < -0.39 is 0 Å². The van der Waals surface area contributed by atoms with Crippen molar-refractivity contribution in [2.45, 2.75) is 19.8 Å². The Hall–Kier alpha value is -3.00. The van der Waals surface area contributed by atoms with Gasteiger partial charge in [-0.1, -0.05) is 35.5 Å². The number of amides is 2. The summed E-state index contributed by atoms with van der Waals surface area (Å²) in [5, 5.41) is 6.64. The first-order chi connectivity index (χ1) is 14.0. The van der Waals surface area contributed by atoms with Crippen molar-refractivity contribution in [2.75, 3.05) is 39.3 Å². The zero-order chi connectivity index (χ0) is 20.6. The first-order valence-corrected chi connectivity index (χ1v) is 9.83. The molecule has 1 aromatic heterocycles. The van der Waals surface area contributed by atoms with Crippen LogP contribution in [0.4, 0.5) is 0 Å². The van der Waals surface area contributed by atoms with Crippen LogP contribution < -0.4 is 5.32 Å². The van der Waals surface area contributed by atoms with Gasteiger partial charge >= 0.3 is 0 Å². The molecule has 29 heavy (non-hydrogen) atoms. The predicted molar refractivity (Wildman–Crippen MR) is 107 cm³/mol. The van der Waals surface area contributed by atoms with Crippen molar-refractivity contribution in [1.29, 1.82) is 0 Å². The summed E-state index contributed by atoms with van der Waals surface area (Å²) >= 11 is 0. The minimum atomic E-state index is -0.121. The standard InChI is InChI=1S/C21H26N4O4/c1-16-15-18(23-29-16)21(28)25-13-11-24(12-14-25)10-9-22-20(27)8-7-19(26)17-5-3-2-4-6-17/h2-6,15H,7-14H2,1H3,(H,22,27). The van der Waals surface area contributed by atoms with Crippen molar-refractivity contribution >= 4 is 17.6 Å². The minimum Gasteiger partial charge on any atom is -0.361 e. The summed E-state index contributed by atoms with van der Waals surface area (Å²) in [4.78, 5) is 40.3. The molecule has 0 unspecified atom stereocenters. The second-order valence-electron chi connectivity index (χ2n) is 7.10. The number of aryl methyl sites for hydroxylation is 1. The largest absolute Gasteiger partial charge is 0.361 e. The average Bonchev–Trinajstić information content (AvgIpc) is 3.19. The molecule has 0 spiro atoms. The van der Waals surface area contributed by atoms with Crippen LogP contribution in [0.5, 0.6) is 0 Å².